The molecular weight excluding hydrogens is 436 g/mol. The fraction of sp³-hybridized carbons (Fsp3) is 0.619. The Hall–Kier alpha value is -1.84. The molecule has 8 nitrogen and oxygen atoms in total. The van der Waals surface area contributed by atoms with Crippen LogP contribution >= 0.6 is 11.6 Å². The van der Waals surface area contributed by atoms with Gasteiger partial charge in [0.15, 0.2) is 0 Å². The van der Waals surface area contributed by atoms with E-state index >= 15 is 0 Å². The Kier molecular flexibility index (Phi) is 4.70. The third-order valence-electron chi connectivity index (χ3n) is 7.31. The van der Waals surface area contributed by atoms with Crippen LogP contribution in [-0.2, 0) is 17.2 Å². The normalized spacial score (nSPS) is 30.3. The number of hydrogen-bond acceptors (Lipinski definition) is 8. The molecule has 4 heterocycles. The Morgan fingerprint density at radius 3 is 2.58 bits per heavy atom. The number of rotatable bonds is 5. The molecular formula is C21H25ClN6O2S. The molecule has 164 valence electrons. The molecule has 10 heteroatoms. The third kappa shape index (κ3) is 3.32. The van der Waals surface area contributed by atoms with Crippen LogP contribution in [-0.4, -0.2) is 60.2 Å². The molecule has 2 saturated carbocycles. The second kappa shape index (κ2) is 7.35. The number of aryl methyl sites for hydroxylation is 1. The van der Waals surface area contributed by atoms with E-state index in [1.807, 2.05) is 0 Å². The molecule has 3 atom stereocenters. The maximum absolute atomic E-state index is 12.8. The van der Waals surface area contributed by atoms with Crippen LogP contribution in [0.3, 0.4) is 0 Å². The van der Waals surface area contributed by atoms with Gasteiger partial charge in [0, 0.05) is 37.2 Å². The van der Waals surface area contributed by atoms with Crippen molar-refractivity contribution in [1.82, 2.24) is 19.9 Å². The van der Waals surface area contributed by atoms with E-state index in [1.54, 1.807) is 12.4 Å². The van der Waals surface area contributed by atoms with Crippen LogP contribution in [0.1, 0.15) is 43.1 Å². The Bertz CT molecular complexity index is 1030. The number of piperidine rings is 1. The van der Waals surface area contributed by atoms with Gasteiger partial charge in [-0.05, 0) is 43.9 Å². The molecule has 31 heavy (non-hydrogen) atoms. The first kappa shape index (κ1) is 19.8. The van der Waals surface area contributed by atoms with E-state index < -0.39 is 10.8 Å². The van der Waals surface area contributed by atoms with Gasteiger partial charge in [-0.1, -0.05) is 11.6 Å². The van der Waals surface area contributed by atoms with E-state index in [4.69, 9.17) is 21.6 Å². The van der Waals surface area contributed by atoms with Crippen molar-refractivity contribution in [2.24, 2.45) is 11.8 Å². The summed E-state index contributed by atoms with van der Waals surface area (Å²) in [7, 11) is -1.10. The molecule has 2 N–H and O–H groups in total. The SMILES string of the molecule is O=[S@]1CCCc2nc(N3CC4C(C3)C4c3ncc(Cl)cn3)nc(NC3(CO)CCC3)c21. The molecule has 1 saturated heterocycles. The number of halogens is 1. The number of aliphatic hydroxyl groups is 1. The smallest absolute Gasteiger partial charge is 0.227 e. The number of nitrogens with zero attached hydrogens (tertiary/aromatic N) is 5. The summed E-state index contributed by atoms with van der Waals surface area (Å²) in [5.41, 5.74) is 0.549. The standard InChI is InChI=1S/C21H25ClN6O2S/c22-12-7-23-18(24-8-12)16-13-9-28(10-14(13)16)20-25-15-3-1-6-31(30)17(15)19(26-20)27-21(11-29)4-2-5-21/h7-8,13-14,16,29H,1-6,9-11H2,(H,25,26,27)/t13?,14?,16?,31-/m0/s1. The molecule has 2 aromatic rings. The van der Waals surface area contributed by atoms with Crippen molar-refractivity contribution in [1.29, 1.82) is 0 Å². The van der Waals surface area contributed by atoms with E-state index in [0.717, 1.165) is 61.6 Å². The molecule has 6 rings (SSSR count). The quantitative estimate of drug-likeness (QED) is 0.699. The number of anilines is 2. The lowest BCUT2D eigenvalue weighted by Crippen LogP contribution is -2.49. The lowest BCUT2D eigenvalue weighted by molar-refractivity contribution is 0.143. The fourth-order valence-electron chi connectivity index (χ4n) is 5.34. The average Bonchev–Trinajstić information content (AvgIpc) is 3.23. The molecule has 2 aliphatic carbocycles. The first-order valence-corrected chi connectivity index (χ1v) is 12.7. The van der Waals surface area contributed by atoms with E-state index in [2.05, 4.69) is 20.2 Å². The first-order chi connectivity index (χ1) is 15.1. The van der Waals surface area contributed by atoms with Gasteiger partial charge in [-0.3, -0.25) is 4.21 Å². The third-order valence-corrected chi connectivity index (χ3v) is 9.05. The maximum Gasteiger partial charge on any atom is 0.227 e. The Morgan fingerprint density at radius 1 is 1.19 bits per heavy atom. The van der Waals surface area contributed by atoms with Crippen molar-refractivity contribution < 1.29 is 9.32 Å². The molecule has 0 spiro atoms. The van der Waals surface area contributed by atoms with Crippen molar-refractivity contribution in [3.8, 4) is 0 Å². The van der Waals surface area contributed by atoms with Gasteiger partial charge < -0.3 is 15.3 Å². The van der Waals surface area contributed by atoms with Gasteiger partial charge in [-0.25, -0.2) is 15.0 Å². The lowest BCUT2D eigenvalue weighted by atomic mass is 9.77. The van der Waals surface area contributed by atoms with Crippen LogP contribution < -0.4 is 10.2 Å². The van der Waals surface area contributed by atoms with Crippen LogP contribution in [0.2, 0.25) is 5.02 Å². The van der Waals surface area contributed by atoms with Gasteiger partial charge in [-0.15, -0.1) is 0 Å². The summed E-state index contributed by atoms with van der Waals surface area (Å²) >= 11 is 5.92. The van der Waals surface area contributed by atoms with Crippen molar-refractivity contribution >= 4 is 34.2 Å². The van der Waals surface area contributed by atoms with Crippen molar-refractivity contribution in [3.05, 3.63) is 28.9 Å². The average molecular weight is 461 g/mol. The minimum Gasteiger partial charge on any atom is -0.394 e. The summed E-state index contributed by atoms with van der Waals surface area (Å²) in [6.07, 6.45) is 7.92. The van der Waals surface area contributed by atoms with Gasteiger partial charge in [0.05, 0.1) is 33.7 Å². The number of hydrogen-bond donors (Lipinski definition) is 2. The molecule has 2 aliphatic heterocycles. The molecule has 0 aromatic carbocycles. The van der Waals surface area contributed by atoms with Gasteiger partial charge in [-0.2, -0.15) is 4.98 Å². The molecule has 0 radical (unpaired) electrons. The molecule has 0 amide bonds. The van der Waals surface area contributed by atoms with Crippen molar-refractivity contribution in [2.75, 3.05) is 35.7 Å². The summed E-state index contributed by atoms with van der Waals surface area (Å²) in [6.45, 7) is 1.80. The van der Waals surface area contributed by atoms with Gasteiger partial charge in [0.1, 0.15) is 16.5 Å². The van der Waals surface area contributed by atoms with Gasteiger partial charge in [0.25, 0.3) is 0 Å². The number of aliphatic hydroxyl groups excluding tert-OH is 1. The predicted molar refractivity (Wildman–Crippen MR) is 118 cm³/mol. The summed E-state index contributed by atoms with van der Waals surface area (Å²) < 4.78 is 12.8. The maximum atomic E-state index is 12.8. The Balaban J connectivity index is 1.26. The van der Waals surface area contributed by atoms with Gasteiger partial charge in [0.2, 0.25) is 5.95 Å². The highest BCUT2D eigenvalue weighted by Gasteiger charge is 2.58. The summed E-state index contributed by atoms with van der Waals surface area (Å²) in [4.78, 5) is 21.5. The summed E-state index contributed by atoms with van der Waals surface area (Å²) in [6, 6.07) is 0. The largest absolute Gasteiger partial charge is 0.394 e. The van der Waals surface area contributed by atoms with Crippen molar-refractivity contribution in [2.45, 2.75) is 48.5 Å². The van der Waals surface area contributed by atoms with Crippen LogP contribution in [0.25, 0.3) is 0 Å². The second-order valence-electron chi connectivity index (χ2n) is 9.24. The summed E-state index contributed by atoms with van der Waals surface area (Å²) in [5, 5.41) is 14.0. The Labute approximate surface area is 188 Å². The molecule has 2 aromatic heterocycles. The number of aromatic nitrogens is 4. The zero-order valence-electron chi connectivity index (χ0n) is 17.1. The lowest BCUT2D eigenvalue weighted by Gasteiger charge is -2.42. The first-order valence-electron chi connectivity index (χ1n) is 11.0. The highest BCUT2D eigenvalue weighted by molar-refractivity contribution is 7.85. The molecule has 0 bridgehead atoms. The number of fused-ring (bicyclic) bond motifs is 2. The van der Waals surface area contributed by atoms with E-state index in [9.17, 15) is 9.32 Å². The second-order valence-corrected chi connectivity index (χ2v) is 11.2. The molecule has 4 aliphatic rings. The topological polar surface area (TPSA) is 104 Å². The van der Waals surface area contributed by atoms with Crippen LogP contribution in [0.5, 0.6) is 0 Å². The zero-order valence-corrected chi connectivity index (χ0v) is 18.7. The minimum atomic E-state index is -1.10. The van der Waals surface area contributed by atoms with Crippen molar-refractivity contribution in [3.63, 3.8) is 0 Å². The number of nitrogens with one attached hydrogen (secondary N) is 1. The predicted octanol–water partition coefficient (Wildman–Crippen LogP) is 2.15. The zero-order chi connectivity index (χ0) is 21.2. The monoisotopic (exact) mass is 460 g/mol. The van der Waals surface area contributed by atoms with Crippen LogP contribution in [0, 0.1) is 11.8 Å². The van der Waals surface area contributed by atoms with E-state index in [0.29, 0.717) is 40.3 Å². The fourth-order valence-corrected chi connectivity index (χ4v) is 6.77. The highest BCUT2D eigenvalue weighted by atomic mass is 35.5. The Morgan fingerprint density at radius 2 is 1.94 bits per heavy atom. The van der Waals surface area contributed by atoms with E-state index in [-0.39, 0.29) is 12.1 Å². The van der Waals surface area contributed by atoms with E-state index in [1.165, 1.54) is 0 Å². The summed E-state index contributed by atoms with van der Waals surface area (Å²) in [5.74, 6) is 4.26. The minimum absolute atomic E-state index is 0.0599. The molecule has 2 unspecified atom stereocenters. The molecule has 3 fully saturated rings. The van der Waals surface area contributed by atoms with Gasteiger partial charge >= 0.3 is 0 Å². The van der Waals surface area contributed by atoms with Crippen LogP contribution in [0.15, 0.2) is 17.3 Å². The van der Waals surface area contributed by atoms with Crippen LogP contribution in [0.4, 0.5) is 11.8 Å². The highest BCUT2D eigenvalue weighted by Crippen LogP contribution is 2.57.